The van der Waals surface area contributed by atoms with Crippen LogP contribution in [-0.4, -0.2) is 17.5 Å². The molecule has 2 rings (SSSR count). The molecule has 1 atom stereocenters. The van der Waals surface area contributed by atoms with Gasteiger partial charge in [0.05, 0.1) is 0 Å². The van der Waals surface area contributed by atoms with Crippen LogP contribution in [0.3, 0.4) is 0 Å². The smallest absolute Gasteiger partial charge is 0.0403 e. The van der Waals surface area contributed by atoms with Crippen molar-refractivity contribution >= 4 is 33.4 Å². The van der Waals surface area contributed by atoms with Crippen molar-refractivity contribution in [1.29, 1.82) is 0 Å². The predicted octanol–water partition coefficient (Wildman–Crippen LogP) is 4.70. The molecule has 1 N–H and O–H groups in total. The van der Waals surface area contributed by atoms with Gasteiger partial charge in [-0.15, -0.1) is 0 Å². The van der Waals surface area contributed by atoms with Gasteiger partial charge in [0, 0.05) is 22.0 Å². The number of halogens is 1. The molecule has 0 spiro atoms. The first-order valence-corrected chi connectivity index (χ1v) is 8.04. The van der Waals surface area contributed by atoms with E-state index >= 15 is 0 Å². The van der Waals surface area contributed by atoms with Crippen LogP contribution in [0, 0.1) is 12.3 Å². The second-order valence-corrected chi connectivity index (χ2v) is 7.59. The number of benzene rings is 1. The molecular formula is C14H20BrNS. The summed E-state index contributed by atoms with van der Waals surface area (Å²) in [6.45, 7) is 6.88. The zero-order valence-electron chi connectivity index (χ0n) is 10.7. The van der Waals surface area contributed by atoms with Gasteiger partial charge in [-0.2, -0.15) is 11.8 Å². The number of thioether (sulfide) groups is 1. The molecule has 1 aliphatic rings. The standard InChI is InChI=1S/C14H20BrNS/c1-10-6-11(15)8-12(7-10)16-13-9-17-5-4-14(13,2)3/h6-8,13,16H,4-5,9H2,1-3H3. The molecule has 0 bridgehead atoms. The van der Waals surface area contributed by atoms with Gasteiger partial charge >= 0.3 is 0 Å². The Bertz CT molecular complexity index is 383. The van der Waals surface area contributed by atoms with Crippen LogP contribution in [0.4, 0.5) is 5.69 Å². The van der Waals surface area contributed by atoms with Crippen molar-refractivity contribution in [3.8, 4) is 0 Å². The first-order valence-electron chi connectivity index (χ1n) is 6.09. The summed E-state index contributed by atoms with van der Waals surface area (Å²) >= 11 is 5.62. The number of anilines is 1. The first-order chi connectivity index (χ1) is 7.97. The lowest BCUT2D eigenvalue weighted by Crippen LogP contribution is -2.41. The van der Waals surface area contributed by atoms with Crippen LogP contribution in [0.25, 0.3) is 0 Å². The highest BCUT2D eigenvalue weighted by Crippen LogP contribution is 2.36. The van der Waals surface area contributed by atoms with E-state index in [0.29, 0.717) is 11.5 Å². The Morgan fingerprint density at radius 3 is 2.76 bits per heavy atom. The molecule has 3 heteroatoms. The fourth-order valence-electron chi connectivity index (χ4n) is 2.19. The second kappa shape index (κ2) is 5.23. The van der Waals surface area contributed by atoms with Gasteiger partial charge in [-0.05, 0) is 48.3 Å². The van der Waals surface area contributed by atoms with Crippen molar-refractivity contribution in [2.45, 2.75) is 33.2 Å². The van der Waals surface area contributed by atoms with E-state index < -0.39 is 0 Å². The highest BCUT2D eigenvalue weighted by molar-refractivity contribution is 9.10. The minimum Gasteiger partial charge on any atom is -0.381 e. The van der Waals surface area contributed by atoms with Crippen LogP contribution in [0.15, 0.2) is 22.7 Å². The Morgan fingerprint density at radius 2 is 2.12 bits per heavy atom. The topological polar surface area (TPSA) is 12.0 Å². The molecule has 1 aliphatic heterocycles. The fourth-order valence-corrected chi connectivity index (χ4v) is 4.41. The monoisotopic (exact) mass is 313 g/mol. The van der Waals surface area contributed by atoms with E-state index in [1.54, 1.807) is 0 Å². The van der Waals surface area contributed by atoms with Crippen molar-refractivity contribution in [3.63, 3.8) is 0 Å². The van der Waals surface area contributed by atoms with E-state index in [1.165, 1.54) is 29.2 Å². The van der Waals surface area contributed by atoms with Gasteiger partial charge in [0.25, 0.3) is 0 Å². The lowest BCUT2D eigenvalue weighted by molar-refractivity contribution is 0.305. The number of rotatable bonds is 2. The Hall–Kier alpha value is -0.150. The first kappa shape index (κ1) is 13.3. The number of aryl methyl sites for hydroxylation is 1. The van der Waals surface area contributed by atoms with E-state index in [-0.39, 0.29) is 0 Å². The van der Waals surface area contributed by atoms with Crippen LogP contribution in [0.2, 0.25) is 0 Å². The summed E-state index contributed by atoms with van der Waals surface area (Å²) in [6.07, 6.45) is 1.29. The lowest BCUT2D eigenvalue weighted by atomic mass is 9.82. The van der Waals surface area contributed by atoms with Crippen molar-refractivity contribution in [1.82, 2.24) is 0 Å². The normalized spacial score (nSPS) is 23.4. The van der Waals surface area contributed by atoms with Gasteiger partial charge in [-0.3, -0.25) is 0 Å². The van der Waals surface area contributed by atoms with Crippen molar-refractivity contribution < 1.29 is 0 Å². The summed E-state index contributed by atoms with van der Waals surface area (Å²) in [6, 6.07) is 7.10. The van der Waals surface area contributed by atoms with E-state index in [9.17, 15) is 0 Å². The minimum atomic E-state index is 0.390. The number of hydrogen-bond donors (Lipinski definition) is 1. The fraction of sp³-hybridized carbons (Fsp3) is 0.571. The zero-order valence-corrected chi connectivity index (χ0v) is 13.1. The van der Waals surface area contributed by atoms with E-state index in [4.69, 9.17) is 0 Å². The minimum absolute atomic E-state index is 0.390. The molecule has 0 saturated carbocycles. The molecular weight excluding hydrogens is 294 g/mol. The number of nitrogens with one attached hydrogen (secondary N) is 1. The Kier molecular flexibility index (Phi) is 4.09. The summed E-state index contributed by atoms with van der Waals surface area (Å²) < 4.78 is 1.15. The van der Waals surface area contributed by atoms with Gasteiger partial charge in [0.15, 0.2) is 0 Å². The largest absolute Gasteiger partial charge is 0.381 e. The van der Waals surface area contributed by atoms with Crippen LogP contribution >= 0.6 is 27.7 Å². The summed E-state index contributed by atoms with van der Waals surface area (Å²) in [5.74, 6) is 2.50. The average molecular weight is 314 g/mol. The third-order valence-electron chi connectivity index (χ3n) is 3.50. The molecule has 1 aromatic carbocycles. The molecule has 1 fully saturated rings. The van der Waals surface area contributed by atoms with Crippen molar-refractivity contribution in [2.75, 3.05) is 16.8 Å². The maximum absolute atomic E-state index is 3.70. The maximum Gasteiger partial charge on any atom is 0.0403 e. The molecule has 1 saturated heterocycles. The molecule has 0 aliphatic carbocycles. The van der Waals surface area contributed by atoms with Crippen LogP contribution in [-0.2, 0) is 0 Å². The number of hydrogen-bond acceptors (Lipinski definition) is 2. The second-order valence-electron chi connectivity index (χ2n) is 5.53. The third kappa shape index (κ3) is 3.41. The quantitative estimate of drug-likeness (QED) is 0.849. The highest BCUT2D eigenvalue weighted by atomic mass is 79.9. The zero-order chi connectivity index (χ0) is 12.5. The van der Waals surface area contributed by atoms with Gasteiger partial charge in [0.2, 0.25) is 0 Å². The van der Waals surface area contributed by atoms with Gasteiger partial charge < -0.3 is 5.32 Å². The van der Waals surface area contributed by atoms with Gasteiger partial charge in [-0.25, -0.2) is 0 Å². The van der Waals surface area contributed by atoms with E-state index in [1.807, 2.05) is 0 Å². The van der Waals surface area contributed by atoms with Crippen LogP contribution < -0.4 is 5.32 Å². The molecule has 0 amide bonds. The summed E-state index contributed by atoms with van der Waals surface area (Å²) in [4.78, 5) is 0. The van der Waals surface area contributed by atoms with E-state index in [0.717, 1.165) is 4.47 Å². The Labute approximate surface area is 117 Å². The average Bonchev–Trinajstić information content (AvgIpc) is 2.19. The molecule has 1 nitrogen and oxygen atoms in total. The van der Waals surface area contributed by atoms with Crippen LogP contribution in [0.5, 0.6) is 0 Å². The Morgan fingerprint density at radius 1 is 1.35 bits per heavy atom. The molecule has 1 heterocycles. The Balaban J connectivity index is 2.14. The molecule has 1 unspecified atom stereocenters. The third-order valence-corrected chi connectivity index (χ3v) is 5.02. The molecule has 94 valence electrons. The SMILES string of the molecule is Cc1cc(Br)cc(NC2CSCCC2(C)C)c1. The molecule has 0 radical (unpaired) electrons. The summed E-state index contributed by atoms with van der Waals surface area (Å²) in [5, 5.41) is 3.70. The van der Waals surface area contributed by atoms with Crippen LogP contribution in [0.1, 0.15) is 25.8 Å². The van der Waals surface area contributed by atoms with Crippen molar-refractivity contribution in [3.05, 3.63) is 28.2 Å². The maximum atomic E-state index is 3.70. The van der Waals surface area contributed by atoms with Crippen molar-refractivity contribution in [2.24, 2.45) is 5.41 Å². The van der Waals surface area contributed by atoms with E-state index in [2.05, 4.69) is 72.0 Å². The molecule has 17 heavy (non-hydrogen) atoms. The highest BCUT2D eigenvalue weighted by Gasteiger charge is 2.32. The lowest BCUT2D eigenvalue weighted by Gasteiger charge is -2.39. The van der Waals surface area contributed by atoms with Gasteiger partial charge in [0.1, 0.15) is 0 Å². The molecule has 1 aromatic rings. The predicted molar refractivity (Wildman–Crippen MR) is 82.0 cm³/mol. The summed E-state index contributed by atoms with van der Waals surface area (Å²) in [5.41, 5.74) is 2.92. The van der Waals surface area contributed by atoms with Gasteiger partial charge in [-0.1, -0.05) is 29.8 Å². The molecule has 0 aromatic heterocycles. The summed E-state index contributed by atoms with van der Waals surface area (Å²) in [7, 11) is 0.